The molecule has 0 radical (unpaired) electrons. The second kappa shape index (κ2) is 7.47. The molecule has 0 aromatic heterocycles. The van der Waals surface area contributed by atoms with Gasteiger partial charge in [0.2, 0.25) is 5.91 Å². The Morgan fingerprint density at radius 1 is 1.23 bits per heavy atom. The van der Waals surface area contributed by atoms with Crippen molar-refractivity contribution in [1.29, 1.82) is 0 Å². The largest absolute Gasteiger partial charge is 0.342 e. The number of hydrogen-bond donors (Lipinski definition) is 1. The molecule has 1 aliphatic carbocycles. The second-order valence-corrected chi connectivity index (χ2v) is 6.80. The van der Waals surface area contributed by atoms with Crippen molar-refractivity contribution in [1.82, 2.24) is 4.90 Å². The van der Waals surface area contributed by atoms with Crippen molar-refractivity contribution in [2.24, 2.45) is 17.6 Å². The molecule has 22 heavy (non-hydrogen) atoms. The molecule has 3 nitrogen and oxygen atoms in total. The molecule has 3 atom stereocenters. The molecule has 1 saturated carbocycles. The minimum absolute atomic E-state index is 0. The molecule has 0 spiro atoms. The number of nitrogens with two attached hydrogens (primary N) is 1. The van der Waals surface area contributed by atoms with Gasteiger partial charge in [0.1, 0.15) is 0 Å². The molecule has 3 rings (SSSR count). The maximum absolute atomic E-state index is 12.3. The van der Waals surface area contributed by atoms with E-state index in [4.69, 9.17) is 5.73 Å². The average Bonchev–Trinajstić information content (AvgIpc) is 3.04. The fourth-order valence-electron chi connectivity index (χ4n) is 3.87. The van der Waals surface area contributed by atoms with E-state index in [1.807, 2.05) is 0 Å². The predicted octanol–water partition coefficient (Wildman–Crippen LogP) is 2.94. The maximum Gasteiger partial charge on any atom is 0.222 e. The van der Waals surface area contributed by atoms with E-state index in [1.54, 1.807) is 0 Å². The number of aryl methyl sites for hydroxylation is 2. The molecule has 3 unspecified atom stereocenters. The van der Waals surface area contributed by atoms with Crippen molar-refractivity contribution >= 4 is 18.3 Å². The van der Waals surface area contributed by atoms with E-state index < -0.39 is 0 Å². The van der Waals surface area contributed by atoms with Gasteiger partial charge in [0.15, 0.2) is 0 Å². The molecule has 122 valence electrons. The Morgan fingerprint density at radius 3 is 2.64 bits per heavy atom. The first-order valence-electron chi connectivity index (χ1n) is 8.22. The molecule has 2 fully saturated rings. The number of halogens is 1. The highest BCUT2D eigenvalue weighted by molar-refractivity contribution is 5.85. The number of rotatable bonds is 4. The number of carbonyl (C=O) groups excluding carboxylic acids is 1. The molecule has 2 aliphatic rings. The first kappa shape index (κ1) is 17.3. The van der Waals surface area contributed by atoms with Crippen LogP contribution in [-0.4, -0.2) is 29.9 Å². The highest BCUT2D eigenvalue weighted by Gasteiger charge is 2.42. The van der Waals surface area contributed by atoms with Gasteiger partial charge in [0.05, 0.1) is 0 Å². The third kappa shape index (κ3) is 3.82. The van der Waals surface area contributed by atoms with Crippen LogP contribution < -0.4 is 5.73 Å². The zero-order chi connectivity index (χ0) is 14.8. The Kier molecular flexibility index (Phi) is 5.87. The van der Waals surface area contributed by atoms with E-state index in [0.29, 0.717) is 30.2 Å². The van der Waals surface area contributed by atoms with Gasteiger partial charge < -0.3 is 10.6 Å². The van der Waals surface area contributed by atoms with E-state index in [9.17, 15) is 4.79 Å². The first-order valence-corrected chi connectivity index (χ1v) is 8.22. The summed E-state index contributed by atoms with van der Waals surface area (Å²) in [5.41, 5.74) is 8.75. The molecule has 1 aromatic rings. The SMILES string of the molecule is Cc1ccc(CCCC(=O)N2CC3CCC(N)C3C2)cc1.Cl. The molecule has 1 saturated heterocycles. The lowest BCUT2D eigenvalue weighted by molar-refractivity contribution is -0.130. The quantitative estimate of drug-likeness (QED) is 0.926. The van der Waals surface area contributed by atoms with Crippen molar-refractivity contribution in [3.8, 4) is 0 Å². The summed E-state index contributed by atoms with van der Waals surface area (Å²) in [6, 6.07) is 8.93. The molecule has 2 N–H and O–H groups in total. The highest BCUT2D eigenvalue weighted by atomic mass is 35.5. The van der Waals surface area contributed by atoms with Gasteiger partial charge >= 0.3 is 0 Å². The molecule has 0 bridgehead atoms. The van der Waals surface area contributed by atoms with Gasteiger partial charge in [-0.25, -0.2) is 0 Å². The second-order valence-electron chi connectivity index (χ2n) is 6.80. The third-order valence-corrected chi connectivity index (χ3v) is 5.24. The molecule has 4 heteroatoms. The lowest BCUT2D eigenvalue weighted by atomic mass is 9.98. The van der Waals surface area contributed by atoms with Gasteiger partial charge in [-0.2, -0.15) is 0 Å². The highest BCUT2D eigenvalue weighted by Crippen LogP contribution is 2.37. The van der Waals surface area contributed by atoms with Crippen molar-refractivity contribution in [3.05, 3.63) is 35.4 Å². The monoisotopic (exact) mass is 322 g/mol. The van der Waals surface area contributed by atoms with E-state index >= 15 is 0 Å². The fraction of sp³-hybridized carbons (Fsp3) is 0.611. The number of carbonyl (C=O) groups is 1. The predicted molar refractivity (Wildman–Crippen MR) is 92.1 cm³/mol. The summed E-state index contributed by atoms with van der Waals surface area (Å²) in [6.07, 6.45) is 4.96. The van der Waals surface area contributed by atoms with E-state index in [1.165, 1.54) is 17.5 Å². The molecule has 1 aliphatic heterocycles. The Morgan fingerprint density at radius 2 is 1.95 bits per heavy atom. The Bertz CT molecular complexity index is 502. The molecule has 1 aromatic carbocycles. The Balaban J connectivity index is 0.00000176. The molecular formula is C18H27ClN2O. The van der Waals surface area contributed by atoms with Crippen LogP contribution in [0, 0.1) is 18.8 Å². The van der Waals surface area contributed by atoms with Crippen LogP contribution in [0.1, 0.15) is 36.8 Å². The Hall–Kier alpha value is -1.06. The minimum atomic E-state index is 0. The average molecular weight is 323 g/mol. The van der Waals surface area contributed by atoms with Crippen LogP contribution >= 0.6 is 12.4 Å². The number of benzene rings is 1. The third-order valence-electron chi connectivity index (χ3n) is 5.24. The summed E-state index contributed by atoms with van der Waals surface area (Å²) < 4.78 is 0. The number of hydrogen-bond acceptors (Lipinski definition) is 2. The van der Waals surface area contributed by atoms with Crippen LogP contribution in [-0.2, 0) is 11.2 Å². The summed E-state index contributed by atoms with van der Waals surface area (Å²) >= 11 is 0. The molecule has 1 heterocycles. The summed E-state index contributed by atoms with van der Waals surface area (Å²) in [5.74, 6) is 1.55. The maximum atomic E-state index is 12.3. The van der Waals surface area contributed by atoms with E-state index in [0.717, 1.165) is 32.4 Å². The van der Waals surface area contributed by atoms with Gasteiger partial charge in [-0.05, 0) is 50.0 Å². The van der Waals surface area contributed by atoms with Crippen LogP contribution in [0.3, 0.4) is 0 Å². The van der Waals surface area contributed by atoms with Gasteiger partial charge in [-0.3, -0.25) is 4.79 Å². The lowest BCUT2D eigenvalue weighted by Gasteiger charge is -2.18. The lowest BCUT2D eigenvalue weighted by Crippen LogP contribution is -2.33. The smallest absolute Gasteiger partial charge is 0.222 e. The summed E-state index contributed by atoms with van der Waals surface area (Å²) in [4.78, 5) is 14.4. The number of fused-ring (bicyclic) bond motifs is 1. The van der Waals surface area contributed by atoms with Crippen LogP contribution in [0.15, 0.2) is 24.3 Å². The molecular weight excluding hydrogens is 296 g/mol. The van der Waals surface area contributed by atoms with Crippen LogP contribution in [0.25, 0.3) is 0 Å². The summed E-state index contributed by atoms with van der Waals surface area (Å²) in [6.45, 7) is 3.94. The van der Waals surface area contributed by atoms with Crippen molar-refractivity contribution in [3.63, 3.8) is 0 Å². The van der Waals surface area contributed by atoms with Gasteiger partial charge in [-0.1, -0.05) is 29.8 Å². The first-order chi connectivity index (χ1) is 10.1. The van der Waals surface area contributed by atoms with Crippen molar-refractivity contribution in [2.75, 3.05) is 13.1 Å². The van der Waals surface area contributed by atoms with E-state index in [2.05, 4.69) is 36.1 Å². The zero-order valence-corrected chi connectivity index (χ0v) is 14.1. The van der Waals surface area contributed by atoms with Gasteiger partial charge in [0.25, 0.3) is 0 Å². The zero-order valence-electron chi connectivity index (χ0n) is 13.3. The van der Waals surface area contributed by atoms with Gasteiger partial charge in [-0.15, -0.1) is 12.4 Å². The molecule has 1 amide bonds. The number of nitrogens with zero attached hydrogens (tertiary/aromatic N) is 1. The topological polar surface area (TPSA) is 46.3 Å². The van der Waals surface area contributed by atoms with Crippen LogP contribution in [0.4, 0.5) is 0 Å². The minimum Gasteiger partial charge on any atom is -0.342 e. The number of amides is 1. The van der Waals surface area contributed by atoms with Crippen LogP contribution in [0.2, 0.25) is 0 Å². The fourth-order valence-corrected chi connectivity index (χ4v) is 3.87. The Labute approximate surface area is 139 Å². The summed E-state index contributed by atoms with van der Waals surface area (Å²) in [7, 11) is 0. The normalized spacial score (nSPS) is 26.6. The number of likely N-dealkylation sites (tertiary alicyclic amines) is 1. The van der Waals surface area contributed by atoms with E-state index in [-0.39, 0.29) is 12.4 Å². The van der Waals surface area contributed by atoms with Crippen molar-refractivity contribution in [2.45, 2.75) is 45.1 Å². The summed E-state index contributed by atoms with van der Waals surface area (Å²) in [5, 5.41) is 0. The van der Waals surface area contributed by atoms with Gasteiger partial charge in [0, 0.05) is 25.6 Å². The van der Waals surface area contributed by atoms with Crippen LogP contribution in [0.5, 0.6) is 0 Å². The van der Waals surface area contributed by atoms with Crippen molar-refractivity contribution < 1.29 is 4.79 Å². The standard InChI is InChI=1S/C18H26N2O.ClH/c1-13-5-7-14(8-6-13)3-2-4-18(21)20-11-15-9-10-17(19)16(15)12-20;/h5-8,15-17H,2-4,9-12,19H2,1H3;1H.